The summed E-state index contributed by atoms with van der Waals surface area (Å²) in [5.41, 5.74) is 0. The molecule has 6 heteroatoms. The number of rotatable bonds is 7. The quantitative estimate of drug-likeness (QED) is 0.557. The molecule has 0 aromatic heterocycles. The van der Waals surface area contributed by atoms with Crippen LogP contribution in [0.15, 0.2) is 0 Å². The van der Waals surface area contributed by atoms with Gasteiger partial charge < -0.3 is 15.5 Å². The van der Waals surface area contributed by atoms with Crippen LogP contribution in [0.4, 0.5) is 0 Å². The van der Waals surface area contributed by atoms with Crippen LogP contribution in [-0.4, -0.2) is 34.1 Å². The predicted molar refractivity (Wildman–Crippen MR) is 51.0 cm³/mol. The summed E-state index contributed by atoms with van der Waals surface area (Å²) in [5.74, 6) is -2.61. The van der Waals surface area contributed by atoms with Crippen LogP contribution >= 0.6 is 0 Å². The molecule has 0 aliphatic rings. The fourth-order valence-electron chi connectivity index (χ4n) is 0.981. The Kier molecular flexibility index (Phi) is 6.08. The third-order valence-corrected chi connectivity index (χ3v) is 1.74. The maximum atomic E-state index is 10.9. The third kappa shape index (κ3) is 6.48. The number of amides is 1. The second-order valence-electron chi connectivity index (χ2n) is 2.99. The van der Waals surface area contributed by atoms with Gasteiger partial charge in [0.15, 0.2) is 0 Å². The average Bonchev–Trinajstić information content (AvgIpc) is 2.15. The topological polar surface area (TPSA) is 104 Å². The molecule has 0 aliphatic heterocycles. The van der Waals surface area contributed by atoms with Crippen molar-refractivity contribution in [2.75, 3.05) is 0 Å². The van der Waals surface area contributed by atoms with Gasteiger partial charge in [0.1, 0.15) is 6.04 Å². The molecule has 1 unspecified atom stereocenters. The highest BCUT2D eigenvalue weighted by atomic mass is 16.4. The summed E-state index contributed by atoms with van der Waals surface area (Å²) >= 11 is 0. The lowest BCUT2D eigenvalue weighted by atomic mass is 10.1. The van der Waals surface area contributed by atoms with Crippen molar-refractivity contribution in [1.29, 1.82) is 0 Å². The van der Waals surface area contributed by atoms with Crippen LogP contribution in [-0.2, 0) is 14.4 Å². The number of hydrogen-bond donors (Lipinski definition) is 3. The van der Waals surface area contributed by atoms with E-state index in [0.717, 1.165) is 0 Å². The van der Waals surface area contributed by atoms with Crippen molar-refractivity contribution in [1.82, 2.24) is 5.32 Å². The number of carbonyl (C=O) groups is 3. The number of carboxylic acid groups (broad SMARTS) is 2. The van der Waals surface area contributed by atoms with E-state index in [9.17, 15) is 14.4 Å². The summed E-state index contributed by atoms with van der Waals surface area (Å²) in [6.45, 7) is 3.31. The highest BCUT2D eigenvalue weighted by molar-refractivity contribution is 5.83. The van der Waals surface area contributed by atoms with Crippen LogP contribution in [0.1, 0.15) is 25.7 Å². The second kappa shape index (κ2) is 6.80. The lowest BCUT2D eigenvalue weighted by molar-refractivity contribution is -0.142. The summed E-state index contributed by atoms with van der Waals surface area (Å²) in [6.07, 6.45) is 0.170. The van der Waals surface area contributed by atoms with E-state index < -0.39 is 23.9 Å². The van der Waals surface area contributed by atoms with Crippen LogP contribution in [0, 0.1) is 6.92 Å². The van der Waals surface area contributed by atoms with E-state index in [1.807, 2.05) is 0 Å². The molecule has 3 N–H and O–H groups in total. The van der Waals surface area contributed by atoms with Gasteiger partial charge in [0.05, 0.1) is 0 Å². The van der Waals surface area contributed by atoms with Crippen molar-refractivity contribution in [2.24, 2.45) is 0 Å². The summed E-state index contributed by atoms with van der Waals surface area (Å²) in [6, 6.07) is -1.03. The smallest absolute Gasteiger partial charge is 0.326 e. The molecule has 0 spiro atoms. The highest BCUT2D eigenvalue weighted by Gasteiger charge is 2.18. The van der Waals surface area contributed by atoms with Gasteiger partial charge in [-0.25, -0.2) is 4.79 Å². The minimum atomic E-state index is -1.16. The first kappa shape index (κ1) is 13.4. The van der Waals surface area contributed by atoms with Crippen LogP contribution in [0.25, 0.3) is 0 Å². The SMILES string of the molecule is [CH2]CC(=O)NC(CCCC(=O)O)C(=O)O. The molecule has 0 fully saturated rings. The Morgan fingerprint density at radius 1 is 1.27 bits per heavy atom. The molecule has 0 saturated carbocycles. The van der Waals surface area contributed by atoms with E-state index in [1.54, 1.807) is 0 Å². The summed E-state index contributed by atoms with van der Waals surface area (Å²) in [7, 11) is 0. The Morgan fingerprint density at radius 3 is 2.27 bits per heavy atom. The highest BCUT2D eigenvalue weighted by Crippen LogP contribution is 2.02. The molecule has 1 atom stereocenters. The fourth-order valence-corrected chi connectivity index (χ4v) is 0.981. The Morgan fingerprint density at radius 2 is 1.87 bits per heavy atom. The van der Waals surface area contributed by atoms with Gasteiger partial charge >= 0.3 is 11.9 Å². The van der Waals surface area contributed by atoms with Gasteiger partial charge in [-0.1, -0.05) is 0 Å². The lowest BCUT2D eigenvalue weighted by Gasteiger charge is -2.12. The number of hydrogen-bond acceptors (Lipinski definition) is 3. The van der Waals surface area contributed by atoms with Gasteiger partial charge in [0, 0.05) is 12.8 Å². The van der Waals surface area contributed by atoms with Crippen LogP contribution in [0.2, 0.25) is 0 Å². The van der Waals surface area contributed by atoms with Crippen LogP contribution in [0.3, 0.4) is 0 Å². The molecule has 0 aliphatic carbocycles. The number of aliphatic carboxylic acids is 2. The van der Waals surface area contributed by atoms with Crippen LogP contribution in [0.5, 0.6) is 0 Å². The summed E-state index contributed by atoms with van der Waals surface area (Å²) in [4.78, 5) is 31.7. The number of nitrogens with one attached hydrogen (secondary N) is 1. The van der Waals surface area contributed by atoms with Crippen molar-refractivity contribution >= 4 is 17.8 Å². The molecule has 0 bridgehead atoms. The van der Waals surface area contributed by atoms with E-state index in [4.69, 9.17) is 10.2 Å². The normalized spacial score (nSPS) is 11.8. The monoisotopic (exact) mass is 216 g/mol. The second-order valence-corrected chi connectivity index (χ2v) is 2.99. The van der Waals surface area contributed by atoms with Gasteiger partial charge in [0.2, 0.25) is 5.91 Å². The molecule has 6 nitrogen and oxygen atoms in total. The average molecular weight is 216 g/mol. The first-order chi connectivity index (χ1) is 6.97. The molecule has 0 aromatic rings. The molecule has 0 heterocycles. The zero-order chi connectivity index (χ0) is 11.8. The molecule has 0 aromatic carbocycles. The molecule has 0 saturated heterocycles. The maximum absolute atomic E-state index is 10.9. The van der Waals surface area contributed by atoms with Crippen molar-refractivity contribution in [3.63, 3.8) is 0 Å². The molecule has 1 radical (unpaired) electrons. The van der Waals surface area contributed by atoms with Crippen molar-refractivity contribution in [3.8, 4) is 0 Å². The summed E-state index contributed by atoms with van der Waals surface area (Å²) in [5, 5.41) is 19.3. The van der Waals surface area contributed by atoms with Crippen LogP contribution < -0.4 is 5.32 Å². The van der Waals surface area contributed by atoms with Gasteiger partial charge in [-0.05, 0) is 19.8 Å². The largest absolute Gasteiger partial charge is 0.481 e. The van der Waals surface area contributed by atoms with Gasteiger partial charge in [-0.2, -0.15) is 0 Å². The Labute approximate surface area is 87.3 Å². The molecular weight excluding hydrogens is 202 g/mol. The van der Waals surface area contributed by atoms with E-state index in [-0.39, 0.29) is 25.7 Å². The van der Waals surface area contributed by atoms with Crippen molar-refractivity contribution in [2.45, 2.75) is 31.7 Å². The first-order valence-corrected chi connectivity index (χ1v) is 4.50. The molecule has 0 rings (SSSR count). The minimum Gasteiger partial charge on any atom is -0.481 e. The van der Waals surface area contributed by atoms with Crippen molar-refractivity contribution < 1.29 is 24.6 Å². The van der Waals surface area contributed by atoms with Crippen molar-refractivity contribution in [3.05, 3.63) is 6.92 Å². The molecule has 1 amide bonds. The zero-order valence-corrected chi connectivity index (χ0v) is 8.23. The standard InChI is InChI=1S/C9H14NO5/c1-2-7(11)10-6(9(14)15)4-3-5-8(12)13/h6H,1-5H2,(H,10,11)(H,12,13)(H,14,15). The third-order valence-electron chi connectivity index (χ3n) is 1.74. The Balaban J connectivity index is 4.00. The van der Waals surface area contributed by atoms with Gasteiger partial charge in [-0.3, -0.25) is 9.59 Å². The van der Waals surface area contributed by atoms with Gasteiger partial charge in [-0.15, -0.1) is 0 Å². The predicted octanol–water partition coefficient (Wildman–Crippen LogP) is 0.0349. The number of carboxylic acids is 2. The van der Waals surface area contributed by atoms with E-state index in [1.165, 1.54) is 0 Å². The Bertz CT molecular complexity index is 251. The fraction of sp³-hybridized carbons (Fsp3) is 0.556. The van der Waals surface area contributed by atoms with E-state index in [2.05, 4.69) is 12.2 Å². The molecule has 15 heavy (non-hydrogen) atoms. The Hall–Kier alpha value is -1.59. The zero-order valence-electron chi connectivity index (χ0n) is 8.23. The lowest BCUT2D eigenvalue weighted by Crippen LogP contribution is -2.40. The molecule has 85 valence electrons. The minimum absolute atomic E-state index is 0.0390. The van der Waals surface area contributed by atoms with Gasteiger partial charge in [0.25, 0.3) is 0 Å². The first-order valence-electron chi connectivity index (χ1n) is 4.50. The summed E-state index contributed by atoms with van der Waals surface area (Å²) < 4.78 is 0. The van der Waals surface area contributed by atoms with E-state index in [0.29, 0.717) is 0 Å². The maximum Gasteiger partial charge on any atom is 0.326 e. The molecular formula is C9H14NO5. The van der Waals surface area contributed by atoms with E-state index >= 15 is 0 Å². The number of carbonyl (C=O) groups excluding carboxylic acids is 1.